The van der Waals surface area contributed by atoms with Crippen molar-refractivity contribution in [2.45, 2.75) is 25.4 Å². The Labute approximate surface area is 441 Å². The molecule has 6 rings (SSSR count). The van der Waals surface area contributed by atoms with Crippen LogP contribution in [-0.2, 0) is 25.4 Å². The number of benzene rings is 6. The number of carbonyl (C=O) groups excluding carboxylic acids is 2. The number of carbonyl (C=O) groups is 2. The fourth-order valence-electron chi connectivity index (χ4n) is 5.16. The Morgan fingerprint density at radius 1 is 0.672 bits per heavy atom. The minimum atomic E-state index is -0.530. The third-order valence-electron chi connectivity index (χ3n) is 8.23. The van der Waals surface area contributed by atoms with E-state index >= 15 is 0 Å². The van der Waals surface area contributed by atoms with Gasteiger partial charge in [-0.1, -0.05) is 91.1 Å². The smallest absolute Gasteiger partial charge is 0.251 e. The molecular weight excluding hydrogens is 1190 g/mol. The average molecular weight is 1230 g/mol. The molecule has 0 atom stereocenters. The molecule has 2 amide bonds. The van der Waals surface area contributed by atoms with Crippen LogP contribution in [0.15, 0.2) is 135 Å². The zero-order valence-corrected chi connectivity index (χ0v) is 44.0. The summed E-state index contributed by atoms with van der Waals surface area (Å²) in [4.78, 5) is 29.0. The van der Waals surface area contributed by atoms with Gasteiger partial charge in [-0.2, -0.15) is 0 Å². The molecule has 9 nitrogen and oxygen atoms in total. The van der Waals surface area contributed by atoms with Gasteiger partial charge in [-0.05, 0) is 132 Å². The summed E-state index contributed by atoms with van der Waals surface area (Å²) in [6.07, 6.45) is 0. The van der Waals surface area contributed by atoms with E-state index in [1.165, 1.54) is 72.4 Å². The third-order valence-corrected chi connectivity index (χ3v) is 10.7. The topological polar surface area (TPSA) is 155 Å². The van der Waals surface area contributed by atoms with Crippen LogP contribution in [0.3, 0.4) is 0 Å². The highest BCUT2D eigenvalue weighted by atomic mass is 79.9. The molecule has 0 aromatic heterocycles. The molecule has 0 aliphatic carbocycles. The minimum Gasteiger partial charge on any atom is -0.392 e. The molecule has 0 radical (unpaired) electrons. The number of thiocarbonyl (C=S) groups is 1. The van der Waals surface area contributed by atoms with Gasteiger partial charge in [0.05, 0.1) is 27.7 Å². The largest absolute Gasteiger partial charge is 0.392 e. The number of hydrogen-bond donors (Lipinski definition) is 6. The summed E-state index contributed by atoms with van der Waals surface area (Å²) in [7, 11) is 0. The SMILES string of the molecule is Br.ClCCl.NC(=Nc1ccc(F)c(Cl)c1)SCc1cc(Br)ccc1C(=O)NCc1ccc(F)cc1.NC(=S)Nc1ccc(F)c(Cl)c1.O=C(NCc1ccc(F)cc1)c1ccc(Br)cc1CO. The second-order valence-corrected chi connectivity index (χ2v) is 17.8. The Bertz CT molecular complexity index is 2610. The van der Waals surface area contributed by atoms with E-state index in [-0.39, 0.29) is 79.2 Å². The summed E-state index contributed by atoms with van der Waals surface area (Å²) in [5, 5.41) is 18.0. The maximum atomic E-state index is 13.3. The van der Waals surface area contributed by atoms with Crippen LogP contribution in [-0.4, -0.2) is 32.5 Å². The Balaban J connectivity index is 0.000000366. The van der Waals surface area contributed by atoms with Crippen LogP contribution < -0.4 is 27.4 Å². The minimum absolute atomic E-state index is 0. The number of aliphatic hydroxyl groups is 1. The number of halogens is 11. The van der Waals surface area contributed by atoms with Crippen molar-refractivity contribution in [2.75, 3.05) is 10.7 Å². The summed E-state index contributed by atoms with van der Waals surface area (Å²) in [6, 6.07) is 30.5. The number of amidine groups is 1. The Morgan fingerprint density at radius 3 is 1.57 bits per heavy atom. The fourth-order valence-corrected chi connectivity index (χ4v) is 7.16. The zero-order valence-electron chi connectivity index (χ0n) is 34.5. The monoisotopic (exact) mass is 1230 g/mol. The number of alkyl halides is 2. The van der Waals surface area contributed by atoms with Crippen molar-refractivity contribution in [1.82, 2.24) is 10.6 Å². The van der Waals surface area contributed by atoms with Gasteiger partial charge in [-0.3, -0.25) is 9.59 Å². The number of thioether (sulfide) groups is 1. The first-order valence-electron chi connectivity index (χ1n) is 18.7. The number of nitrogens with two attached hydrogens (primary N) is 2. The number of rotatable bonds is 11. The van der Waals surface area contributed by atoms with Crippen molar-refractivity contribution in [3.63, 3.8) is 0 Å². The molecule has 6 aromatic rings. The highest BCUT2D eigenvalue weighted by Gasteiger charge is 2.14. The molecule has 0 saturated carbocycles. The Kier molecular flexibility index (Phi) is 27.6. The number of aliphatic hydroxyl groups excluding tert-OH is 1. The van der Waals surface area contributed by atoms with E-state index in [0.29, 0.717) is 40.4 Å². The van der Waals surface area contributed by atoms with Gasteiger partial charge in [-0.15, -0.1) is 40.2 Å². The second-order valence-electron chi connectivity index (χ2n) is 12.9. The van der Waals surface area contributed by atoms with Crippen molar-refractivity contribution in [1.29, 1.82) is 0 Å². The summed E-state index contributed by atoms with van der Waals surface area (Å²) in [6.45, 7) is 0.371. The van der Waals surface area contributed by atoms with Gasteiger partial charge in [0.15, 0.2) is 10.3 Å². The van der Waals surface area contributed by atoms with Gasteiger partial charge >= 0.3 is 0 Å². The molecule has 6 aromatic carbocycles. The van der Waals surface area contributed by atoms with Crippen LogP contribution in [0, 0.1) is 23.3 Å². The molecule has 0 bridgehead atoms. The van der Waals surface area contributed by atoms with E-state index in [9.17, 15) is 32.3 Å². The third kappa shape index (κ3) is 21.9. The molecule has 0 fully saturated rings. The predicted molar refractivity (Wildman–Crippen MR) is 282 cm³/mol. The fraction of sp³-hybridized carbons (Fsp3) is 0.111. The van der Waals surface area contributed by atoms with E-state index < -0.39 is 11.6 Å². The van der Waals surface area contributed by atoms with Crippen molar-refractivity contribution in [3.05, 3.63) is 197 Å². The van der Waals surface area contributed by atoms with Gasteiger partial charge in [0.2, 0.25) is 0 Å². The van der Waals surface area contributed by atoms with Gasteiger partial charge < -0.3 is 32.5 Å². The molecule has 0 unspecified atom stereocenters. The highest BCUT2D eigenvalue weighted by Crippen LogP contribution is 2.26. The summed E-state index contributed by atoms with van der Waals surface area (Å²) < 4.78 is 53.3. The van der Waals surface area contributed by atoms with Crippen molar-refractivity contribution >= 4 is 153 Å². The Hall–Kier alpha value is -3.95. The van der Waals surface area contributed by atoms with Gasteiger partial charge in [0.1, 0.15) is 23.3 Å². The van der Waals surface area contributed by atoms with E-state index in [1.807, 2.05) is 6.07 Å². The van der Waals surface area contributed by atoms with Crippen LogP contribution in [0.2, 0.25) is 10.0 Å². The number of amides is 2. The molecular formula is C45H39Br3Cl4F4N6O3S2. The Morgan fingerprint density at radius 2 is 1.12 bits per heavy atom. The van der Waals surface area contributed by atoms with E-state index in [2.05, 4.69) is 65.0 Å². The molecule has 8 N–H and O–H groups in total. The number of nitrogens with one attached hydrogen (secondary N) is 3. The van der Waals surface area contributed by atoms with Crippen molar-refractivity contribution in [3.8, 4) is 0 Å². The van der Waals surface area contributed by atoms with Crippen molar-refractivity contribution in [2.24, 2.45) is 16.5 Å². The van der Waals surface area contributed by atoms with Gasteiger partial charge in [0.25, 0.3) is 11.8 Å². The lowest BCUT2D eigenvalue weighted by molar-refractivity contribution is 0.0941. The standard InChI is InChI=1S/C22H17BrClF2N3OS.C15H13BrFNO2.C7H6ClFN2S.CH2Cl2.BrH/c23-15-3-7-18(21(30)28-11-13-1-4-16(25)5-2-13)14(9-15)12-31-22(27)29-17-6-8-20(26)19(24)10-17;16-12-3-6-14(11(7-12)9-19)15(20)18-8-10-1-4-13(17)5-2-10;8-5-3-4(11-7(10)12)1-2-6(5)9;2-1-3;/h1-10H,11-12H2,(H2,27,29)(H,28,30);1-7,19H,8-9H2,(H,18,20);1-3H,(H3,10,11,12);1H2;1H. The van der Waals surface area contributed by atoms with Crippen LogP contribution >= 0.6 is 119 Å². The lowest BCUT2D eigenvalue weighted by Crippen LogP contribution is -2.24. The first-order valence-corrected chi connectivity index (χ1v) is 23.5. The zero-order chi connectivity index (χ0) is 48.8. The lowest BCUT2D eigenvalue weighted by Gasteiger charge is -2.11. The first kappa shape index (κ1) is 59.2. The highest BCUT2D eigenvalue weighted by molar-refractivity contribution is 9.10. The van der Waals surface area contributed by atoms with Gasteiger partial charge in [0, 0.05) is 44.6 Å². The normalized spacial score (nSPS) is 10.3. The van der Waals surface area contributed by atoms with E-state index in [1.54, 1.807) is 54.6 Å². The maximum absolute atomic E-state index is 13.3. The predicted octanol–water partition coefficient (Wildman–Crippen LogP) is 13.3. The van der Waals surface area contributed by atoms with Crippen LogP contribution in [0.4, 0.5) is 28.9 Å². The average Bonchev–Trinajstić information content (AvgIpc) is 3.28. The lowest BCUT2D eigenvalue weighted by atomic mass is 10.1. The van der Waals surface area contributed by atoms with Crippen LogP contribution in [0.1, 0.15) is 43.0 Å². The van der Waals surface area contributed by atoms with Crippen molar-refractivity contribution < 1.29 is 32.3 Å². The molecule has 0 saturated heterocycles. The molecule has 356 valence electrons. The molecule has 0 aliphatic heterocycles. The molecule has 0 heterocycles. The summed E-state index contributed by atoms with van der Waals surface area (Å²) in [5.41, 5.74) is 16.0. The van der Waals surface area contributed by atoms with Gasteiger partial charge in [-0.25, -0.2) is 22.6 Å². The molecule has 0 aliphatic rings. The molecule has 0 spiro atoms. The summed E-state index contributed by atoms with van der Waals surface area (Å²) in [5.74, 6) is -1.77. The van der Waals surface area contributed by atoms with Crippen LogP contribution in [0.25, 0.3) is 0 Å². The second kappa shape index (κ2) is 31.2. The van der Waals surface area contributed by atoms with Crippen LogP contribution in [0.5, 0.6) is 0 Å². The number of aliphatic imine (C=N–C) groups is 1. The van der Waals surface area contributed by atoms with E-state index in [4.69, 9.17) is 57.9 Å². The molecule has 67 heavy (non-hydrogen) atoms. The first-order chi connectivity index (χ1) is 31.4. The number of hydrogen-bond acceptors (Lipinski definition) is 6. The number of anilines is 1. The number of nitrogens with zero attached hydrogens (tertiary/aromatic N) is 1. The quantitative estimate of drug-likeness (QED) is 0.0246. The summed E-state index contributed by atoms with van der Waals surface area (Å²) >= 11 is 33.3. The maximum Gasteiger partial charge on any atom is 0.251 e. The van der Waals surface area contributed by atoms with E-state index in [0.717, 1.165) is 25.6 Å². The molecule has 22 heteroatoms.